The van der Waals surface area contributed by atoms with Crippen LogP contribution in [0.25, 0.3) is 0 Å². The van der Waals surface area contributed by atoms with Gasteiger partial charge in [-0.05, 0) is 61.4 Å². The summed E-state index contributed by atoms with van der Waals surface area (Å²) < 4.78 is 10.9. The summed E-state index contributed by atoms with van der Waals surface area (Å²) in [5, 5.41) is 0. The van der Waals surface area contributed by atoms with Gasteiger partial charge in [0, 0.05) is 47.9 Å². The lowest BCUT2D eigenvalue weighted by atomic mass is 9.94. The summed E-state index contributed by atoms with van der Waals surface area (Å²) in [5.41, 5.74) is -0.861. The van der Waals surface area contributed by atoms with E-state index >= 15 is 0 Å². The van der Waals surface area contributed by atoms with Crippen LogP contribution in [0.3, 0.4) is 0 Å². The molecule has 0 aliphatic rings. The fourth-order valence-corrected chi connectivity index (χ4v) is 6.57. The number of rotatable bonds is 24. The molecule has 0 saturated carbocycles. The lowest BCUT2D eigenvalue weighted by molar-refractivity contribution is -0.187. The van der Waals surface area contributed by atoms with E-state index in [-0.39, 0.29) is 93.3 Å². The number of hydrogen-bond acceptors (Lipinski definition) is 12. The van der Waals surface area contributed by atoms with E-state index in [1.807, 2.05) is 0 Å². The smallest absolute Gasteiger partial charge is 0.387 e. The zero-order valence-corrected chi connectivity index (χ0v) is 35.9. The van der Waals surface area contributed by atoms with Crippen LogP contribution in [-0.4, -0.2) is 47.0 Å². The van der Waals surface area contributed by atoms with Gasteiger partial charge in [-0.25, -0.2) is 19.4 Å². The minimum absolute atomic E-state index is 0.00780. The first-order valence-corrected chi connectivity index (χ1v) is 21.4. The number of benzene rings is 4. The fourth-order valence-electron chi connectivity index (χ4n) is 6.57. The molecular weight excluding hydrogens is 793 g/mol. The molecule has 0 aromatic heterocycles. The molecule has 0 amide bonds. The highest BCUT2D eigenvalue weighted by molar-refractivity contribution is 6.18. The Morgan fingerprint density at radius 3 is 1.11 bits per heavy atom. The molecule has 0 spiro atoms. The minimum Gasteiger partial charge on any atom is -0.426 e. The number of hydrogen-bond donors (Lipinski definition) is 0. The number of carbonyl (C=O) groups excluding carboxylic acids is 8. The Labute approximate surface area is 362 Å². The molecular formula is C50H54O12. The van der Waals surface area contributed by atoms with E-state index in [9.17, 15) is 38.4 Å². The van der Waals surface area contributed by atoms with Crippen LogP contribution in [0.15, 0.2) is 84.9 Å². The second-order valence-corrected chi connectivity index (χ2v) is 14.7. The Morgan fingerprint density at radius 2 is 0.758 bits per heavy atom. The zero-order chi connectivity index (χ0) is 45.0. The van der Waals surface area contributed by atoms with Crippen LogP contribution in [0, 0.1) is 0 Å². The summed E-state index contributed by atoms with van der Waals surface area (Å²) in [4.78, 5) is 116. The van der Waals surface area contributed by atoms with Gasteiger partial charge in [0.05, 0.1) is 22.3 Å². The van der Waals surface area contributed by atoms with Crippen molar-refractivity contribution in [3.05, 3.63) is 129 Å². The Balaban J connectivity index is 1.58. The van der Waals surface area contributed by atoms with Gasteiger partial charge in [-0.1, -0.05) is 115 Å². The number of ketones is 4. The molecule has 326 valence electrons. The highest BCUT2D eigenvalue weighted by Gasteiger charge is 2.28. The topological polar surface area (TPSA) is 173 Å². The Kier molecular flexibility index (Phi) is 19.1. The third-order valence-corrected chi connectivity index (χ3v) is 10.1. The van der Waals surface area contributed by atoms with Crippen LogP contribution < -0.4 is 9.47 Å². The summed E-state index contributed by atoms with van der Waals surface area (Å²) in [6.45, 7) is 7.36. The van der Waals surface area contributed by atoms with Gasteiger partial charge in [0.15, 0.2) is 23.1 Å². The highest BCUT2D eigenvalue weighted by atomic mass is 17.2. The van der Waals surface area contributed by atoms with Crippen molar-refractivity contribution < 1.29 is 57.6 Å². The average Bonchev–Trinajstić information content (AvgIpc) is 3.29. The molecule has 4 rings (SSSR count). The predicted octanol–water partition coefficient (Wildman–Crippen LogP) is 10.8. The zero-order valence-electron chi connectivity index (χ0n) is 35.9. The number of esters is 2. The molecule has 0 heterocycles. The van der Waals surface area contributed by atoms with E-state index in [0.717, 1.165) is 51.4 Å². The van der Waals surface area contributed by atoms with Crippen molar-refractivity contribution in [3.63, 3.8) is 0 Å². The third kappa shape index (κ3) is 13.5. The van der Waals surface area contributed by atoms with Crippen LogP contribution in [0.2, 0.25) is 0 Å². The van der Waals surface area contributed by atoms with Gasteiger partial charge in [0.1, 0.15) is 11.5 Å². The Morgan fingerprint density at radius 1 is 0.403 bits per heavy atom. The van der Waals surface area contributed by atoms with Crippen LogP contribution in [0.1, 0.15) is 191 Å². The van der Waals surface area contributed by atoms with Gasteiger partial charge in [0.25, 0.3) is 0 Å². The van der Waals surface area contributed by atoms with Crippen molar-refractivity contribution >= 4 is 47.0 Å². The first kappa shape index (κ1) is 48.1. The molecule has 0 N–H and O–H groups in total. The monoisotopic (exact) mass is 846 g/mol. The van der Waals surface area contributed by atoms with Crippen molar-refractivity contribution in [1.82, 2.24) is 0 Å². The van der Waals surface area contributed by atoms with E-state index < -0.39 is 35.4 Å². The third-order valence-electron chi connectivity index (χ3n) is 10.1. The summed E-state index contributed by atoms with van der Waals surface area (Å²) in [5.74, 6) is -5.89. The number of carbonyl (C=O) groups is 8. The molecule has 0 unspecified atom stereocenters. The maximum Gasteiger partial charge on any atom is 0.387 e. The summed E-state index contributed by atoms with van der Waals surface area (Å²) in [7, 11) is 0. The Hall–Kier alpha value is -6.56. The van der Waals surface area contributed by atoms with Gasteiger partial charge in [-0.15, -0.1) is 0 Å². The lowest BCUT2D eigenvalue weighted by Crippen LogP contribution is -2.19. The first-order chi connectivity index (χ1) is 29.9. The quantitative estimate of drug-likeness (QED) is 0.0163. The van der Waals surface area contributed by atoms with Crippen LogP contribution in [0.5, 0.6) is 11.5 Å². The average molecular weight is 847 g/mol. The number of Topliss-reactive ketones (excluding diaryl/α,β-unsaturated/α-hetero) is 2. The molecule has 0 saturated heterocycles. The van der Waals surface area contributed by atoms with Crippen molar-refractivity contribution in [2.45, 2.75) is 118 Å². The normalized spacial score (nSPS) is 10.7. The standard InChI is InChI=1S/C50H54O12/c1-5-9-11-13-15-25-41(51)33-27-29-43(59-45(53)7-3)39(31-33)47(55)35-21-17-19-23-37(35)49(57)61-62-50(58)38-24-20-18-22-36(38)48(56)40-32-34(28-30-44(40)60-46(54)8-4)42(52)26-16-14-12-10-6-2/h17-24,27-32H,5-16,25-26H2,1-4H3. The summed E-state index contributed by atoms with van der Waals surface area (Å²) in [6, 6.07) is 19.4. The number of unbranched alkanes of at least 4 members (excludes halogenated alkanes) is 8. The maximum absolute atomic E-state index is 14.1. The molecule has 12 nitrogen and oxygen atoms in total. The molecule has 4 aromatic rings. The fraction of sp³-hybridized carbons (Fsp3) is 0.360. The minimum atomic E-state index is -1.24. The molecule has 62 heavy (non-hydrogen) atoms. The maximum atomic E-state index is 14.1. The van der Waals surface area contributed by atoms with E-state index in [1.54, 1.807) is 13.8 Å². The van der Waals surface area contributed by atoms with Crippen molar-refractivity contribution in [3.8, 4) is 11.5 Å². The highest BCUT2D eigenvalue weighted by Crippen LogP contribution is 2.29. The summed E-state index contributed by atoms with van der Waals surface area (Å²) in [6.07, 6.45) is 9.89. The SMILES string of the molecule is CCCCCCCC(=O)c1ccc(OC(=O)CC)c(C(=O)c2ccccc2C(=O)OOC(=O)c2ccccc2C(=O)c2cc(C(=O)CCCCCCC)ccc2OC(=O)CC)c1. The van der Waals surface area contributed by atoms with Gasteiger partial charge in [0.2, 0.25) is 0 Å². The molecule has 0 aliphatic heterocycles. The van der Waals surface area contributed by atoms with E-state index in [1.165, 1.54) is 84.9 Å². The van der Waals surface area contributed by atoms with Crippen molar-refractivity contribution in [2.75, 3.05) is 0 Å². The molecule has 0 bridgehead atoms. The van der Waals surface area contributed by atoms with E-state index in [0.29, 0.717) is 12.8 Å². The predicted molar refractivity (Wildman–Crippen MR) is 231 cm³/mol. The van der Waals surface area contributed by atoms with Crippen molar-refractivity contribution in [2.24, 2.45) is 0 Å². The van der Waals surface area contributed by atoms with Crippen LogP contribution in [0.4, 0.5) is 0 Å². The van der Waals surface area contributed by atoms with Crippen LogP contribution >= 0.6 is 0 Å². The first-order valence-electron chi connectivity index (χ1n) is 21.4. The van der Waals surface area contributed by atoms with Gasteiger partial charge in [-0.3, -0.25) is 28.8 Å². The van der Waals surface area contributed by atoms with Gasteiger partial charge < -0.3 is 9.47 Å². The molecule has 0 fully saturated rings. The van der Waals surface area contributed by atoms with E-state index in [2.05, 4.69) is 13.8 Å². The molecule has 4 aromatic carbocycles. The Bertz CT molecular complexity index is 2110. The lowest BCUT2D eigenvalue weighted by Gasteiger charge is -2.14. The largest absolute Gasteiger partial charge is 0.426 e. The van der Waals surface area contributed by atoms with Crippen LogP contribution in [-0.2, 0) is 19.4 Å². The molecule has 0 atom stereocenters. The molecule has 0 aliphatic carbocycles. The molecule has 0 radical (unpaired) electrons. The summed E-state index contributed by atoms with van der Waals surface area (Å²) >= 11 is 0. The second-order valence-electron chi connectivity index (χ2n) is 14.7. The van der Waals surface area contributed by atoms with Gasteiger partial charge in [-0.2, -0.15) is 0 Å². The van der Waals surface area contributed by atoms with Crippen molar-refractivity contribution in [1.29, 1.82) is 0 Å². The van der Waals surface area contributed by atoms with Gasteiger partial charge >= 0.3 is 23.9 Å². The van der Waals surface area contributed by atoms with E-state index in [4.69, 9.17) is 19.2 Å². The second kappa shape index (κ2) is 24.6. The number of ether oxygens (including phenoxy) is 2. The molecule has 12 heteroatoms.